The molecule has 1 saturated carbocycles. The predicted octanol–water partition coefficient (Wildman–Crippen LogP) is 1.15. The van der Waals surface area contributed by atoms with Crippen molar-refractivity contribution in [2.45, 2.75) is 43.9 Å². The molecule has 3 atom stereocenters. The van der Waals surface area contributed by atoms with Crippen molar-refractivity contribution in [3.8, 4) is 0 Å². The standard InChI is InChI=1S/C12H25NO4Si/c1-14-18(15-2,7-3-6-13)16-9-10-4-5-11-12(8-10)17-11/h10-12H,3-9,13H2,1-2H3. The molecule has 0 aromatic rings. The molecule has 1 saturated heterocycles. The van der Waals surface area contributed by atoms with E-state index in [0.717, 1.165) is 25.5 Å². The Balaban J connectivity index is 1.76. The summed E-state index contributed by atoms with van der Waals surface area (Å²) in [6.07, 6.45) is 5.42. The minimum atomic E-state index is -2.48. The molecule has 2 rings (SSSR count). The number of rotatable bonds is 8. The first-order valence-electron chi connectivity index (χ1n) is 6.83. The summed E-state index contributed by atoms with van der Waals surface area (Å²) >= 11 is 0. The van der Waals surface area contributed by atoms with Gasteiger partial charge in [-0.05, 0) is 38.1 Å². The van der Waals surface area contributed by atoms with Crippen LogP contribution in [0.15, 0.2) is 0 Å². The van der Waals surface area contributed by atoms with Gasteiger partial charge in [0.2, 0.25) is 0 Å². The van der Waals surface area contributed by atoms with E-state index in [4.69, 9.17) is 23.7 Å². The van der Waals surface area contributed by atoms with Crippen LogP contribution in [0, 0.1) is 5.92 Å². The number of nitrogens with two attached hydrogens (primary N) is 1. The monoisotopic (exact) mass is 275 g/mol. The Kier molecular flexibility index (Phi) is 5.17. The van der Waals surface area contributed by atoms with Crippen LogP contribution in [0.1, 0.15) is 25.7 Å². The molecule has 2 fully saturated rings. The molecule has 3 unspecified atom stereocenters. The van der Waals surface area contributed by atoms with Gasteiger partial charge in [-0.2, -0.15) is 0 Å². The molecule has 0 aromatic carbocycles. The maximum absolute atomic E-state index is 6.02. The topological polar surface area (TPSA) is 66.2 Å². The van der Waals surface area contributed by atoms with Crippen LogP contribution in [0.2, 0.25) is 6.04 Å². The van der Waals surface area contributed by atoms with E-state index in [0.29, 0.717) is 24.7 Å². The molecule has 1 aliphatic heterocycles. The Morgan fingerprint density at radius 3 is 2.61 bits per heavy atom. The quantitative estimate of drug-likeness (QED) is 0.532. The molecule has 0 aromatic heterocycles. The summed E-state index contributed by atoms with van der Waals surface area (Å²) in [6.45, 7) is 1.37. The van der Waals surface area contributed by atoms with E-state index in [2.05, 4.69) is 0 Å². The molecule has 0 bridgehead atoms. The fraction of sp³-hybridized carbons (Fsp3) is 1.00. The zero-order valence-corrected chi connectivity index (χ0v) is 12.4. The second-order valence-corrected chi connectivity index (χ2v) is 8.16. The lowest BCUT2D eigenvalue weighted by molar-refractivity contribution is 0.0755. The summed E-state index contributed by atoms with van der Waals surface area (Å²) in [5.74, 6) is 0.587. The van der Waals surface area contributed by atoms with E-state index in [9.17, 15) is 0 Å². The van der Waals surface area contributed by atoms with Gasteiger partial charge in [-0.15, -0.1) is 0 Å². The van der Waals surface area contributed by atoms with Crippen molar-refractivity contribution in [1.82, 2.24) is 0 Å². The highest BCUT2D eigenvalue weighted by Crippen LogP contribution is 2.39. The first kappa shape index (κ1) is 14.4. The second-order valence-electron chi connectivity index (χ2n) is 5.19. The van der Waals surface area contributed by atoms with E-state index >= 15 is 0 Å². The van der Waals surface area contributed by atoms with Crippen molar-refractivity contribution in [3.63, 3.8) is 0 Å². The number of fused-ring (bicyclic) bond motifs is 1. The molecule has 0 amide bonds. The molecular weight excluding hydrogens is 250 g/mol. The van der Waals surface area contributed by atoms with Gasteiger partial charge in [0.1, 0.15) is 0 Å². The number of hydrogen-bond acceptors (Lipinski definition) is 5. The molecule has 1 aliphatic carbocycles. The average molecular weight is 275 g/mol. The van der Waals surface area contributed by atoms with Crippen molar-refractivity contribution in [2.24, 2.45) is 11.7 Å². The van der Waals surface area contributed by atoms with E-state index in [1.165, 1.54) is 12.8 Å². The van der Waals surface area contributed by atoms with Crippen molar-refractivity contribution in [2.75, 3.05) is 27.4 Å². The van der Waals surface area contributed by atoms with Gasteiger partial charge >= 0.3 is 8.80 Å². The first-order chi connectivity index (χ1) is 8.73. The minimum Gasteiger partial charge on any atom is -0.377 e. The maximum Gasteiger partial charge on any atom is 0.500 e. The number of hydrogen-bond donors (Lipinski definition) is 1. The molecule has 106 valence electrons. The third-order valence-electron chi connectivity index (χ3n) is 3.96. The second kappa shape index (κ2) is 6.45. The summed E-state index contributed by atoms with van der Waals surface area (Å²) in [4.78, 5) is 0. The Hall–Kier alpha value is 0.0169. The van der Waals surface area contributed by atoms with Crippen molar-refractivity contribution >= 4 is 8.80 Å². The summed E-state index contributed by atoms with van der Waals surface area (Å²) < 4.78 is 22.6. The first-order valence-corrected chi connectivity index (χ1v) is 8.76. The maximum atomic E-state index is 6.02. The molecule has 6 heteroatoms. The van der Waals surface area contributed by atoms with Gasteiger partial charge in [0.25, 0.3) is 0 Å². The zero-order chi connectivity index (χ0) is 13.0. The van der Waals surface area contributed by atoms with Crippen LogP contribution >= 0.6 is 0 Å². The van der Waals surface area contributed by atoms with E-state index in [1.54, 1.807) is 14.2 Å². The fourth-order valence-electron chi connectivity index (χ4n) is 2.68. The van der Waals surface area contributed by atoms with Crippen LogP contribution in [0.4, 0.5) is 0 Å². The molecule has 5 nitrogen and oxygen atoms in total. The summed E-state index contributed by atoms with van der Waals surface area (Å²) in [6, 6.07) is 0.797. The smallest absolute Gasteiger partial charge is 0.377 e. The van der Waals surface area contributed by atoms with E-state index in [1.807, 2.05) is 0 Å². The third-order valence-corrected chi connectivity index (χ3v) is 6.78. The van der Waals surface area contributed by atoms with Gasteiger partial charge in [-0.25, -0.2) is 0 Å². The molecule has 0 spiro atoms. The molecule has 1 heterocycles. The highest BCUT2D eigenvalue weighted by molar-refractivity contribution is 6.60. The van der Waals surface area contributed by atoms with Crippen LogP contribution in [-0.4, -0.2) is 48.4 Å². The summed E-state index contributed by atoms with van der Waals surface area (Å²) in [7, 11) is 0.870. The van der Waals surface area contributed by atoms with Crippen LogP contribution in [0.25, 0.3) is 0 Å². The Labute approximate surface area is 110 Å². The largest absolute Gasteiger partial charge is 0.500 e. The van der Waals surface area contributed by atoms with E-state index < -0.39 is 8.80 Å². The normalized spacial score (nSPS) is 31.2. The van der Waals surface area contributed by atoms with Gasteiger partial charge in [0, 0.05) is 26.9 Å². The third kappa shape index (κ3) is 3.52. The summed E-state index contributed by atoms with van der Waals surface area (Å²) in [5.41, 5.74) is 5.55. The van der Waals surface area contributed by atoms with Crippen LogP contribution in [0.3, 0.4) is 0 Å². The molecule has 2 aliphatic rings. The lowest BCUT2D eigenvalue weighted by Gasteiger charge is -2.29. The van der Waals surface area contributed by atoms with Crippen LogP contribution in [0.5, 0.6) is 0 Å². The highest BCUT2D eigenvalue weighted by atomic mass is 28.4. The lowest BCUT2D eigenvalue weighted by atomic mass is 9.90. The SMILES string of the molecule is CO[Si](CCCN)(OC)OCC1CCC2OC2C1. The Morgan fingerprint density at radius 2 is 2.00 bits per heavy atom. The molecule has 0 radical (unpaired) electrons. The molecule has 18 heavy (non-hydrogen) atoms. The van der Waals surface area contributed by atoms with Crippen molar-refractivity contribution < 1.29 is 18.0 Å². The highest BCUT2D eigenvalue weighted by Gasteiger charge is 2.45. The Bertz CT molecular complexity index is 262. The van der Waals surface area contributed by atoms with Gasteiger partial charge < -0.3 is 23.7 Å². The van der Waals surface area contributed by atoms with Gasteiger partial charge in [-0.1, -0.05) is 0 Å². The molecule has 2 N–H and O–H groups in total. The van der Waals surface area contributed by atoms with Crippen LogP contribution in [-0.2, 0) is 18.0 Å². The fourth-order valence-corrected chi connectivity index (χ4v) is 4.76. The predicted molar refractivity (Wildman–Crippen MR) is 70.2 cm³/mol. The van der Waals surface area contributed by atoms with Crippen LogP contribution < -0.4 is 5.73 Å². The number of epoxide rings is 1. The number of ether oxygens (including phenoxy) is 1. The lowest BCUT2D eigenvalue weighted by Crippen LogP contribution is -2.45. The van der Waals surface area contributed by atoms with Gasteiger partial charge in [0.05, 0.1) is 12.2 Å². The van der Waals surface area contributed by atoms with Crippen molar-refractivity contribution in [1.29, 1.82) is 0 Å². The molecular formula is C12H25NO4Si. The average Bonchev–Trinajstić information content (AvgIpc) is 3.18. The van der Waals surface area contributed by atoms with E-state index in [-0.39, 0.29) is 0 Å². The summed E-state index contributed by atoms with van der Waals surface area (Å²) in [5, 5.41) is 0. The van der Waals surface area contributed by atoms with Gasteiger partial charge in [-0.3, -0.25) is 0 Å². The minimum absolute atomic E-state index is 0.498. The van der Waals surface area contributed by atoms with Crippen molar-refractivity contribution in [3.05, 3.63) is 0 Å². The zero-order valence-electron chi connectivity index (χ0n) is 11.4. The van der Waals surface area contributed by atoms with Gasteiger partial charge in [0.15, 0.2) is 0 Å². The Morgan fingerprint density at radius 1 is 1.22 bits per heavy atom.